The molecule has 3 fully saturated rings. The Morgan fingerprint density at radius 3 is 1.38 bits per heavy atom. The average Bonchev–Trinajstić information content (AvgIpc) is 0.807. The van der Waals surface area contributed by atoms with E-state index in [1.807, 2.05) is 13.8 Å². The molecule has 4 heterocycles. The molecule has 0 aliphatic heterocycles. The Morgan fingerprint density at radius 1 is 0.537 bits per heavy atom. The summed E-state index contributed by atoms with van der Waals surface area (Å²) in [5.41, 5.74) is 0.929. The highest BCUT2D eigenvalue weighted by Crippen LogP contribution is 2.46. The number of aryl methyl sites for hydroxylation is 3. The minimum Gasteiger partial charge on any atom is -0.338 e. The Hall–Kier alpha value is -9.26. The molecule has 4 aromatic heterocycles. The van der Waals surface area contributed by atoms with Crippen LogP contribution in [0.1, 0.15) is 199 Å². The van der Waals surface area contributed by atoms with Crippen LogP contribution in [-0.2, 0) is 14.4 Å². The Bertz CT molecular complexity index is 3480. The Balaban J connectivity index is 0.000000271. The monoisotopic (exact) mass is 1320 g/mol. The number of H-pyrrole nitrogens is 4. The van der Waals surface area contributed by atoms with Crippen molar-refractivity contribution in [1.82, 2.24) is 61.1 Å². The molecule has 12 N–H and O–H groups in total. The SMILES string of the molecule is CC(C)c1cc(=O)[nH]c(NC(=O)NCCCCCCN=C=O)n1.Cc1cc(=O)[nH]c(NC(=O)NC2CCC(CC3CCC(C)CC3)CC2)n1.Cc1cc(=O)[nH]c(NC(=O)NCC2(C)CC(N=C=O)CC(C)(C)C2)n1.Cc1cc(=O)[nH]c(NC(=O)NCCCCCCN=C=O)n1. The molecular formula is C65H99N19O11. The van der Waals surface area contributed by atoms with Gasteiger partial charge in [0.05, 0.1) is 24.8 Å². The summed E-state index contributed by atoms with van der Waals surface area (Å²) in [6.45, 7) is 20.1. The molecule has 30 heteroatoms. The number of unbranched alkanes of at least 4 members (excludes halogenated alkanes) is 6. The molecule has 0 saturated heterocycles. The van der Waals surface area contributed by atoms with E-state index in [1.54, 1.807) is 26.9 Å². The molecule has 0 bridgehead atoms. The van der Waals surface area contributed by atoms with Gasteiger partial charge in [-0.1, -0.05) is 92.9 Å². The van der Waals surface area contributed by atoms with Crippen molar-refractivity contribution in [3.63, 3.8) is 0 Å². The molecule has 3 saturated carbocycles. The number of isocyanates is 3. The van der Waals surface area contributed by atoms with Gasteiger partial charge in [0.25, 0.3) is 22.2 Å². The highest BCUT2D eigenvalue weighted by molar-refractivity contribution is 5.88. The topological polar surface area (TPSA) is 436 Å². The van der Waals surface area contributed by atoms with Gasteiger partial charge in [-0.25, -0.2) is 68.5 Å². The molecule has 3 aliphatic rings. The van der Waals surface area contributed by atoms with E-state index in [2.05, 4.69) is 125 Å². The highest BCUT2D eigenvalue weighted by Gasteiger charge is 2.41. The van der Waals surface area contributed by atoms with Gasteiger partial charge in [-0.05, 0) is 132 Å². The third-order valence-corrected chi connectivity index (χ3v) is 16.3. The maximum absolute atomic E-state index is 12.1. The van der Waals surface area contributed by atoms with Crippen molar-refractivity contribution in [3.8, 4) is 0 Å². The van der Waals surface area contributed by atoms with E-state index in [1.165, 1.54) is 81.4 Å². The van der Waals surface area contributed by atoms with Crippen molar-refractivity contribution in [2.75, 3.05) is 54.0 Å². The highest BCUT2D eigenvalue weighted by atomic mass is 16.2. The molecule has 8 amide bonds. The number of nitrogens with one attached hydrogen (secondary N) is 12. The number of rotatable bonds is 25. The van der Waals surface area contributed by atoms with Crippen molar-refractivity contribution in [2.45, 2.75) is 209 Å². The van der Waals surface area contributed by atoms with Crippen LogP contribution in [0.15, 0.2) is 58.4 Å². The molecule has 3 aliphatic carbocycles. The minimum absolute atomic E-state index is 0.0273. The van der Waals surface area contributed by atoms with Crippen LogP contribution in [0.3, 0.4) is 0 Å². The van der Waals surface area contributed by atoms with Crippen LogP contribution in [-0.4, -0.2) is 127 Å². The summed E-state index contributed by atoms with van der Waals surface area (Å²) in [5, 5.41) is 21.4. The zero-order valence-electron chi connectivity index (χ0n) is 56.6. The lowest BCUT2D eigenvalue weighted by molar-refractivity contribution is 0.0855. The molecule has 30 nitrogen and oxygen atoms in total. The van der Waals surface area contributed by atoms with Crippen LogP contribution in [0.4, 0.5) is 43.0 Å². The van der Waals surface area contributed by atoms with Crippen molar-refractivity contribution in [3.05, 3.63) is 88.5 Å². The standard InChI is InChI=1S/C20H32N4O2.C17H25N5O3.C15H23N5O3.C13H19N5O3/c1-13-3-5-15(6-4-13)12-16-7-9-17(10-8-16)22-20(26)24-19-21-14(2)11-18(25)23-19;1-11-5-13(24)21-14(20-11)22-15(25)18-9-17(4)7-12(19-10-23)6-16(2,3)8-17;1-11(2)12-9-13(22)19-14(18-12)20-15(23)17-8-6-4-3-5-7-16-10-21;1-10-8-11(20)17-12(16-10)18-13(21)15-7-5-3-2-4-6-14-9-19/h11,13,15-17H,3-10,12H2,1-2H3,(H3,21,22,23,24,25,26);5,12H,6-9H2,1-4H3,(H3,18,20,21,22,24,25);9,11H,3-8H2,1-2H3,(H3,17,18,19,20,22,23);8H,2-7H2,1H3,(H3,15,16,17,18,20,21). The predicted octanol–water partition coefficient (Wildman–Crippen LogP) is 9.10. The van der Waals surface area contributed by atoms with E-state index in [0.717, 1.165) is 94.8 Å². The number of aromatic amines is 4. The number of aromatic nitrogens is 8. The number of carbonyl (C=O) groups excluding carboxylic acids is 7. The molecule has 7 rings (SSSR count). The molecule has 0 spiro atoms. The summed E-state index contributed by atoms with van der Waals surface area (Å²) in [6, 6.07) is 4.12. The number of amides is 8. The third-order valence-electron chi connectivity index (χ3n) is 16.3. The molecule has 520 valence electrons. The lowest BCUT2D eigenvalue weighted by atomic mass is 9.63. The molecule has 2 atom stereocenters. The quantitative estimate of drug-likeness (QED) is 0.0167. The molecule has 95 heavy (non-hydrogen) atoms. The number of anilines is 4. The van der Waals surface area contributed by atoms with Crippen molar-refractivity contribution >= 4 is 66.2 Å². The van der Waals surface area contributed by atoms with Gasteiger partial charge in [0, 0.05) is 67.0 Å². The van der Waals surface area contributed by atoms with Crippen LogP contribution < -0.4 is 64.8 Å². The number of carbonyl (C=O) groups is 4. The van der Waals surface area contributed by atoms with Crippen LogP contribution in [0.5, 0.6) is 0 Å². The zero-order valence-corrected chi connectivity index (χ0v) is 56.6. The van der Waals surface area contributed by atoms with Crippen molar-refractivity contribution in [1.29, 1.82) is 0 Å². The lowest BCUT2D eigenvalue weighted by Gasteiger charge is -2.45. The lowest BCUT2D eigenvalue weighted by Crippen LogP contribution is -2.45. The van der Waals surface area contributed by atoms with Gasteiger partial charge in [0.1, 0.15) is 0 Å². The van der Waals surface area contributed by atoms with Gasteiger partial charge in [-0.3, -0.25) is 60.4 Å². The second-order valence-corrected chi connectivity index (χ2v) is 26.3. The number of hydrogen-bond acceptors (Lipinski definition) is 18. The molecule has 0 aromatic carbocycles. The number of aliphatic imine (C=N–C) groups is 3. The first-order chi connectivity index (χ1) is 45.2. The van der Waals surface area contributed by atoms with Gasteiger partial charge < -0.3 is 21.3 Å². The van der Waals surface area contributed by atoms with E-state index in [9.17, 15) is 52.7 Å². The fraction of sp³-hybridized carbons (Fsp3) is 0.646. The van der Waals surface area contributed by atoms with Crippen molar-refractivity contribution < 1.29 is 33.6 Å². The third kappa shape index (κ3) is 33.4. The normalized spacial score (nSPS) is 19.2. The van der Waals surface area contributed by atoms with E-state index < -0.39 is 18.1 Å². The maximum Gasteiger partial charge on any atom is 0.321 e. The first kappa shape index (κ1) is 78.2. The average molecular weight is 1320 g/mol. The predicted molar refractivity (Wildman–Crippen MR) is 363 cm³/mol. The second-order valence-electron chi connectivity index (χ2n) is 26.3. The van der Waals surface area contributed by atoms with Gasteiger partial charge in [-0.2, -0.15) is 0 Å². The summed E-state index contributed by atoms with van der Waals surface area (Å²) in [6.07, 6.45) is 25.7. The first-order valence-electron chi connectivity index (χ1n) is 32.9. The number of nitrogens with zero attached hydrogens (tertiary/aromatic N) is 7. The largest absolute Gasteiger partial charge is 0.338 e. The van der Waals surface area contributed by atoms with Crippen LogP contribution in [0, 0.1) is 49.4 Å². The molecular weight excluding hydrogens is 1220 g/mol. The van der Waals surface area contributed by atoms with Gasteiger partial charge in [-0.15, -0.1) is 0 Å². The first-order valence-corrected chi connectivity index (χ1v) is 32.9. The van der Waals surface area contributed by atoms with Crippen molar-refractivity contribution in [2.24, 2.45) is 43.6 Å². The fourth-order valence-corrected chi connectivity index (χ4v) is 12.1. The van der Waals surface area contributed by atoms with E-state index in [4.69, 9.17) is 0 Å². The summed E-state index contributed by atoms with van der Waals surface area (Å²) in [5.74, 6) is 3.35. The van der Waals surface area contributed by atoms with Gasteiger partial charge in [0.15, 0.2) is 0 Å². The van der Waals surface area contributed by atoms with Crippen LogP contribution in [0.25, 0.3) is 0 Å². The van der Waals surface area contributed by atoms with Crippen LogP contribution >= 0.6 is 0 Å². The number of hydrogen-bond donors (Lipinski definition) is 12. The molecule has 2 unspecified atom stereocenters. The summed E-state index contributed by atoms with van der Waals surface area (Å²) in [7, 11) is 0. The van der Waals surface area contributed by atoms with Gasteiger partial charge in [0.2, 0.25) is 42.0 Å². The zero-order chi connectivity index (χ0) is 69.8. The van der Waals surface area contributed by atoms with E-state index in [0.29, 0.717) is 61.9 Å². The van der Waals surface area contributed by atoms with Gasteiger partial charge >= 0.3 is 24.1 Å². The summed E-state index contributed by atoms with van der Waals surface area (Å²) >= 11 is 0. The summed E-state index contributed by atoms with van der Waals surface area (Å²) in [4.78, 5) is 161. The minimum atomic E-state index is -0.436. The second kappa shape index (κ2) is 41.4. The van der Waals surface area contributed by atoms with Crippen LogP contribution in [0.2, 0.25) is 0 Å². The summed E-state index contributed by atoms with van der Waals surface area (Å²) < 4.78 is 0. The van der Waals surface area contributed by atoms with E-state index >= 15 is 0 Å². The molecule has 4 aromatic rings. The smallest absolute Gasteiger partial charge is 0.321 e. The fourth-order valence-electron chi connectivity index (χ4n) is 12.1. The van der Waals surface area contributed by atoms with E-state index in [-0.39, 0.29) is 80.9 Å². The maximum atomic E-state index is 12.1. The number of urea groups is 4. The Kier molecular flexibility index (Phi) is 34.1. The molecule has 0 radical (unpaired) electrons. The Morgan fingerprint density at radius 2 is 0.947 bits per heavy atom. The Labute approximate surface area is 553 Å².